The van der Waals surface area contributed by atoms with E-state index in [1.807, 2.05) is 45.3 Å². The summed E-state index contributed by atoms with van der Waals surface area (Å²) in [7, 11) is 3.66. The third-order valence-corrected chi connectivity index (χ3v) is 4.07. The number of carbonyl (C=O) groups is 1. The van der Waals surface area contributed by atoms with Gasteiger partial charge in [-0.1, -0.05) is 30.3 Å². The second-order valence-electron chi connectivity index (χ2n) is 7.02. The number of guanidine groups is 1. The Labute approximate surface area is 181 Å². The lowest BCUT2D eigenvalue weighted by Crippen LogP contribution is -2.36. The number of anilines is 1. The van der Waals surface area contributed by atoms with E-state index in [0.717, 1.165) is 5.56 Å². The van der Waals surface area contributed by atoms with Gasteiger partial charge in [-0.25, -0.2) is 4.99 Å². The van der Waals surface area contributed by atoms with Crippen molar-refractivity contribution in [3.05, 3.63) is 59.7 Å². The number of aliphatic imine (C=N–C) groups is 1. The molecule has 0 saturated carbocycles. The van der Waals surface area contributed by atoms with Gasteiger partial charge >= 0.3 is 6.61 Å². The molecule has 0 aliphatic carbocycles. The summed E-state index contributed by atoms with van der Waals surface area (Å²) in [4.78, 5) is 18.3. The van der Waals surface area contributed by atoms with Crippen LogP contribution in [-0.4, -0.2) is 50.6 Å². The zero-order valence-corrected chi connectivity index (χ0v) is 18.0. The number of benzene rings is 2. The SMILES string of the molecule is CCNC(=NCc1cccc(NC(=O)CN(C)C)c1)NCc1ccccc1OC(F)F. The number of amides is 1. The topological polar surface area (TPSA) is 78.0 Å². The van der Waals surface area contributed by atoms with Gasteiger partial charge in [0.05, 0.1) is 13.1 Å². The highest BCUT2D eigenvalue weighted by Gasteiger charge is 2.10. The van der Waals surface area contributed by atoms with Gasteiger partial charge in [-0.05, 0) is 44.8 Å². The van der Waals surface area contributed by atoms with Crippen LogP contribution in [0.2, 0.25) is 0 Å². The van der Waals surface area contributed by atoms with Crippen LogP contribution in [0.5, 0.6) is 5.75 Å². The number of hydrogen-bond acceptors (Lipinski definition) is 4. The minimum absolute atomic E-state index is 0.0923. The number of nitrogens with zero attached hydrogens (tertiary/aromatic N) is 2. The minimum Gasteiger partial charge on any atom is -0.434 e. The molecular weight excluding hydrogens is 404 g/mol. The molecule has 9 heteroatoms. The maximum Gasteiger partial charge on any atom is 0.387 e. The molecule has 0 atom stereocenters. The summed E-state index contributed by atoms with van der Waals surface area (Å²) < 4.78 is 29.8. The van der Waals surface area contributed by atoms with Crippen molar-refractivity contribution in [1.29, 1.82) is 0 Å². The lowest BCUT2D eigenvalue weighted by molar-refractivity contribution is -0.116. The fraction of sp³-hybridized carbons (Fsp3) is 0.364. The van der Waals surface area contributed by atoms with Gasteiger partial charge in [0, 0.05) is 24.3 Å². The normalized spacial score (nSPS) is 11.5. The summed E-state index contributed by atoms with van der Waals surface area (Å²) in [5.41, 5.74) is 2.22. The van der Waals surface area contributed by atoms with Crippen LogP contribution in [0.1, 0.15) is 18.1 Å². The number of ether oxygens (including phenoxy) is 1. The zero-order valence-electron chi connectivity index (χ0n) is 18.0. The van der Waals surface area contributed by atoms with Gasteiger partial charge < -0.3 is 25.6 Å². The van der Waals surface area contributed by atoms with Crippen molar-refractivity contribution in [2.45, 2.75) is 26.6 Å². The zero-order chi connectivity index (χ0) is 22.6. The van der Waals surface area contributed by atoms with Gasteiger partial charge in [0.1, 0.15) is 5.75 Å². The van der Waals surface area contributed by atoms with Gasteiger partial charge in [0.15, 0.2) is 5.96 Å². The van der Waals surface area contributed by atoms with Crippen LogP contribution in [-0.2, 0) is 17.9 Å². The number of alkyl halides is 2. The predicted octanol–water partition coefficient (Wildman–Crippen LogP) is 3.04. The number of para-hydroxylation sites is 1. The molecule has 0 saturated heterocycles. The first-order valence-corrected chi connectivity index (χ1v) is 9.95. The van der Waals surface area contributed by atoms with Crippen molar-refractivity contribution in [2.75, 3.05) is 32.5 Å². The third kappa shape index (κ3) is 9.00. The molecule has 31 heavy (non-hydrogen) atoms. The minimum atomic E-state index is -2.88. The van der Waals surface area contributed by atoms with E-state index in [0.29, 0.717) is 36.8 Å². The Bertz CT molecular complexity index is 874. The standard InChI is InChI=1S/C22H29F2N5O2/c1-4-25-22(27-14-17-9-5-6-11-19(17)31-21(23)24)26-13-16-8-7-10-18(12-16)28-20(30)15-29(2)3/h5-12,21H,4,13-15H2,1-3H3,(H,28,30)(H2,25,26,27). The summed E-state index contributed by atoms with van der Waals surface area (Å²) in [5, 5.41) is 9.11. The van der Waals surface area contributed by atoms with E-state index in [1.165, 1.54) is 6.07 Å². The number of carbonyl (C=O) groups excluding carboxylic acids is 1. The largest absolute Gasteiger partial charge is 0.434 e. The van der Waals surface area contributed by atoms with Crippen LogP contribution in [0.3, 0.4) is 0 Å². The van der Waals surface area contributed by atoms with E-state index >= 15 is 0 Å². The molecule has 0 spiro atoms. The van der Waals surface area contributed by atoms with Crippen LogP contribution >= 0.6 is 0 Å². The van der Waals surface area contributed by atoms with E-state index in [-0.39, 0.29) is 18.2 Å². The Kier molecular flexibility index (Phi) is 9.70. The highest BCUT2D eigenvalue weighted by Crippen LogP contribution is 2.20. The van der Waals surface area contributed by atoms with E-state index in [1.54, 1.807) is 23.1 Å². The summed E-state index contributed by atoms with van der Waals surface area (Å²) in [6.07, 6.45) is 0. The van der Waals surface area contributed by atoms with Gasteiger partial charge in [-0.2, -0.15) is 8.78 Å². The average molecular weight is 434 g/mol. The molecule has 2 rings (SSSR count). The first-order valence-electron chi connectivity index (χ1n) is 9.95. The number of nitrogens with one attached hydrogen (secondary N) is 3. The molecule has 168 valence electrons. The second kappa shape index (κ2) is 12.5. The van der Waals surface area contributed by atoms with Crippen LogP contribution in [0, 0.1) is 0 Å². The number of hydrogen-bond donors (Lipinski definition) is 3. The highest BCUT2D eigenvalue weighted by atomic mass is 19.3. The molecule has 2 aromatic rings. The van der Waals surface area contributed by atoms with Crippen LogP contribution < -0.4 is 20.7 Å². The van der Waals surface area contributed by atoms with Crippen molar-refractivity contribution >= 4 is 17.6 Å². The number of likely N-dealkylation sites (N-methyl/N-ethyl adjacent to an activating group) is 1. The molecule has 0 aliphatic heterocycles. The molecule has 0 fully saturated rings. The van der Waals surface area contributed by atoms with E-state index in [9.17, 15) is 13.6 Å². The fourth-order valence-electron chi connectivity index (χ4n) is 2.79. The molecular formula is C22H29F2N5O2. The lowest BCUT2D eigenvalue weighted by Gasteiger charge is -2.14. The molecule has 0 radical (unpaired) electrons. The maximum absolute atomic E-state index is 12.6. The Hall–Kier alpha value is -3.20. The first-order chi connectivity index (χ1) is 14.9. The maximum atomic E-state index is 12.6. The molecule has 0 unspecified atom stereocenters. The Morgan fingerprint density at radius 1 is 1.13 bits per heavy atom. The van der Waals surface area contributed by atoms with E-state index in [2.05, 4.69) is 25.7 Å². The Morgan fingerprint density at radius 3 is 2.61 bits per heavy atom. The summed E-state index contributed by atoms with van der Waals surface area (Å²) in [5.74, 6) is 0.573. The van der Waals surface area contributed by atoms with Gasteiger partial charge in [0.2, 0.25) is 5.91 Å². The molecule has 2 aromatic carbocycles. The van der Waals surface area contributed by atoms with Crippen LogP contribution in [0.15, 0.2) is 53.5 Å². The first kappa shape index (κ1) is 24.1. The molecule has 7 nitrogen and oxygen atoms in total. The van der Waals surface area contributed by atoms with Crippen molar-refractivity contribution in [1.82, 2.24) is 15.5 Å². The smallest absolute Gasteiger partial charge is 0.387 e. The van der Waals surface area contributed by atoms with Gasteiger partial charge in [-0.15, -0.1) is 0 Å². The summed E-state index contributed by atoms with van der Waals surface area (Å²) in [6, 6.07) is 14.1. The highest BCUT2D eigenvalue weighted by molar-refractivity contribution is 5.92. The molecule has 0 bridgehead atoms. The number of rotatable bonds is 10. The van der Waals surface area contributed by atoms with E-state index < -0.39 is 6.61 Å². The van der Waals surface area contributed by atoms with Crippen LogP contribution in [0.25, 0.3) is 0 Å². The third-order valence-electron chi connectivity index (χ3n) is 4.07. The monoisotopic (exact) mass is 433 g/mol. The summed E-state index contributed by atoms with van der Waals surface area (Å²) >= 11 is 0. The molecule has 1 amide bonds. The molecule has 0 aliphatic rings. The predicted molar refractivity (Wildman–Crippen MR) is 118 cm³/mol. The van der Waals surface area contributed by atoms with Crippen molar-refractivity contribution < 1.29 is 18.3 Å². The van der Waals surface area contributed by atoms with Gasteiger partial charge in [0.25, 0.3) is 0 Å². The Balaban J connectivity index is 2.02. The van der Waals surface area contributed by atoms with Crippen LogP contribution in [0.4, 0.5) is 14.5 Å². The van der Waals surface area contributed by atoms with Crippen molar-refractivity contribution in [3.63, 3.8) is 0 Å². The second-order valence-corrected chi connectivity index (χ2v) is 7.02. The quantitative estimate of drug-likeness (QED) is 0.397. The molecule has 0 heterocycles. The number of halogens is 2. The van der Waals surface area contributed by atoms with Crippen molar-refractivity contribution in [2.24, 2.45) is 4.99 Å². The molecule has 0 aromatic heterocycles. The summed E-state index contributed by atoms with van der Waals surface area (Å²) in [6.45, 7) is 0.645. The average Bonchev–Trinajstić information content (AvgIpc) is 2.70. The van der Waals surface area contributed by atoms with E-state index in [4.69, 9.17) is 0 Å². The van der Waals surface area contributed by atoms with Crippen molar-refractivity contribution in [3.8, 4) is 5.75 Å². The lowest BCUT2D eigenvalue weighted by atomic mass is 10.2. The molecule has 3 N–H and O–H groups in total. The fourth-order valence-corrected chi connectivity index (χ4v) is 2.79. The van der Waals surface area contributed by atoms with Gasteiger partial charge in [-0.3, -0.25) is 4.79 Å². The Morgan fingerprint density at radius 2 is 1.90 bits per heavy atom.